The summed E-state index contributed by atoms with van der Waals surface area (Å²) in [6.45, 7) is -0.355. The smallest absolute Gasteiger partial charge is 0.331 e. The number of methoxy groups -OCH3 is 1. The summed E-state index contributed by atoms with van der Waals surface area (Å²) in [6.07, 6.45) is 2.52. The lowest BCUT2D eigenvalue weighted by Gasteiger charge is -2.09. The first-order valence-electron chi connectivity index (χ1n) is 7.40. The Hall–Kier alpha value is -2.49. The van der Waals surface area contributed by atoms with Crippen LogP contribution >= 0.6 is 11.3 Å². The van der Waals surface area contributed by atoms with E-state index < -0.39 is 16.0 Å². The van der Waals surface area contributed by atoms with Crippen LogP contribution in [0.4, 0.5) is 0 Å². The highest BCUT2D eigenvalue weighted by Gasteiger charge is 2.17. The fourth-order valence-electron chi connectivity index (χ4n) is 1.97. The summed E-state index contributed by atoms with van der Waals surface area (Å²) in [5, 5.41) is 1.76. The number of sulfonamides is 1. The van der Waals surface area contributed by atoms with Gasteiger partial charge >= 0.3 is 5.97 Å². The molecule has 0 saturated carbocycles. The number of Topliss-reactive ketones (excluding diaryl/α,β-unsaturated/α-hetero) is 1. The molecule has 0 unspecified atom stereocenters. The van der Waals surface area contributed by atoms with Gasteiger partial charge in [0.2, 0.25) is 15.8 Å². The standard InChI is InChI=1S/C17H17NO6S2/c1-18-26(21,22)16-10-12(5-7-14(16)23-2)6-8-17(20)24-11-13(19)15-4-3-9-25-15/h3-10,18H,11H2,1-2H3/b8-6+. The number of nitrogens with one attached hydrogen (secondary N) is 1. The normalized spacial score (nSPS) is 11.5. The first kappa shape index (κ1) is 19.8. The maximum atomic E-state index is 12.0. The molecule has 0 saturated heterocycles. The summed E-state index contributed by atoms with van der Waals surface area (Å²) < 4.78 is 36.2. The maximum Gasteiger partial charge on any atom is 0.331 e. The molecular formula is C17H17NO6S2. The van der Waals surface area contributed by atoms with Gasteiger partial charge in [-0.15, -0.1) is 11.3 Å². The molecule has 138 valence electrons. The van der Waals surface area contributed by atoms with Gasteiger partial charge in [0.25, 0.3) is 0 Å². The van der Waals surface area contributed by atoms with Crippen molar-refractivity contribution in [3.05, 3.63) is 52.2 Å². The largest absolute Gasteiger partial charge is 0.495 e. The van der Waals surface area contributed by atoms with Crippen molar-refractivity contribution in [1.82, 2.24) is 4.72 Å². The number of ketones is 1. The molecule has 0 atom stereocenters. The van der Waals surface area contributed by atoms with Crippen LogP contribution in [0.3, 0.4) is 0 Å². The summed E-state index contributed by atoms with van der Waals surface area (Å²) in [4.78, 5) is 24.0. The quantitative estimate of drug-likeness (QED) is 0.418. The Morgan fingerprint density at radius 2 is 2.04 bits per heavy atom. The molecule has 0 amide bonds. The van der Waals surface area contributed by atoms with Crippen LogP contribution in [0.2, 0.25) is 0 Å². The highest BCUT2D eigenvalue weighted by atomic mass is 32.2. The molecule has 26 heavy (non-hydrogen) atoms. The highest BCUT2D eigenvalue weighted by molar-refractivity contribution is 7.89. The number of hydrogen-bond acceptors (Lipinski definition) is 7. The van der Waals surface area contributed by atoms with E-state index in [1.807, 2.05) is 0 Å². The van der Waals surface area contributed by atoms with E-state index in [9.17, 15) is 18.0 Å². The molecule has 0 spiro atoms. The molecule has 0 bridgehead atoms. The predicted octanol–water partition coefficient (Wildman–Crippen LogP) is 2.10. The van der Waals surface area contributed by atoms with Crippen LogP contribution in [-0.4, -0.2) is 40.9 Å². The SMILES string of the molecule is CNS(=O)(=O)c1cc(/C=C/C(=O)OCC(=O)c2cccs2)ccc1OC. The Kier molecular flexibility index (Phi) is 6.67. The molecular weight excluding hydrogens is 378 g/mol. The number of ether oxygens (including phenoxy) is 2. The zero-order valence-electron chi connectivity index (χ0n) is 14.1. The summed E-state index contributed by atoms with van der Waals surface area (Å²) in [7, 11) is -1.06. The van der Waals surface area contributed by atoms with Gasteiger partial charge in [0.15, 0.2) is 6.61 Å². The van der Waals surface area contributed by atoms with E-state index in [-0.39, 0.29) is 23.0 Å². The fourth-order valence-corrected chi connectivity index (χ4v) is 3.55. The van der Waals surface area contributed by atoms with Crippen molar-refractivity contribution in [2.24, 2.45) is 0 Å². The number of hydrogen-bond donors (Lipinski definition) is 1. The third kappa shape index (κ3) is 5.01. The van der Waals surface area contributed by atoms with E-state index in [0.29, 0.717) is 10.4 Å². The fraction of sp³-hybridized carbons (Fsp3) is 0.176. The highest BCUT2D eigenvalue weighted by Crippen LogP contribution is 2.25. The van der Waals surface area contributed by atoms with Crippen molar-refractivity contribution >= 4 is 39.2 Å². The molecule has 1 aromatic carbocycles. The van der Waals surface area contributed by atoms with E-state index in [4.69, 9.17) is 9.47 Å². The zero-order valence-corrected chi connectivity index (χ0v) is 15.7. The zero-order chi connectivity index (χ0) is 19.2. The van der Waals surface area contributed by atoms with Crippen molar-refractivity contribution in [2.75, 3.05) is 20.8 Å². The van der Waals surface area contributed by atoms with Crippen LogP contribution in [0.1, 0.15) is 15.2 Å². The first-order valence-corrected chi connectivity index (χ1v) is 9.77. The van der Waals surface area contributed by atoms with Crippen LogP contribution < -0.4 is 9.46 Å². The van der Waals surface area contributed by atoms with Crippen LogP contribution in [-0.2, 0) is 19.6 Å². The van der Waals surface area contributed by atoms with Crippen molar-refractivity contribution in [3.8, 4) is 5.75 Å². The average Bonchev–Trinajstić information content (AvgIpc) is 3.19. The van der Waals surface area contributed by atoms with Gasteiger partial charge in [0.1, 0.15) is 10.6 Å². The van der Waals surface area contributed by atoms with E-state index in [0.717, 1.165) is 6.08 Å². The molecule has 0 aliphatic carbocycles. The van der Waals surface area contributed by atoms with Crippen LogP contribution in [0.15, 0.2) is 46.7 Å². The minimum absolute atomic E-state index is 0.0501. The summed E-state index contributed by atoms with van der Waals surface area (Å²) in [5.74, 6) is -0.807. The maximum absolute atomic E-state index is 12.0. The molecule has 0 radical (unpaired) electrons. The Balaban J connectivity index is 2.06. The summed E-state index contributed by atoms with van der Waals surface area (Å²) in [5.41, 5.74) is 0.459. The first-order chi connectivity index (χ1) is 12.4. The van der Waals surface area contributed by atoms with Gasteiger partial charge in [0.05, 0.1) is 12.0 Å². The van der Waals surface area contributed by atoms with Crippen LogP contribution in [0.5, 0.6) is 5.75 Å². The topological polar surface area (TPSA) is 98.8 Å². The van der Waals surface area contributed by atoms with Gasteiger partial charge in [-0.25, -0.2) is 17.9 Å². The number of benzene rings is 1. The second-order valence-electron chi connectivity index (χ2n) is 4.96. The minimum Gasteiger partial charge on any atom is -0.495 e. The molecule has 1 heterocycles. The Labute approximate surface area is 155 Å². The molecule has 2 aromatic rings. The minimum atomic E-state index is -3.72. The van der Waals surface area contributed by atoms with Gasteiger partial charge in [-0.1, -0.05) is 12.1 Å². The monoisotopic (exact) mass is 395 g/mol. The second-order valence-corrected chi connectivity index (χ2v) is 7.76. The van der Waals surface area contributed by atoms with Gasteiger partial charge in [-0.05, 0) is 42.3 Å². The van der Waals surface area contributed by atoms with Gasteiger partial charge < -0.3 is 9.47 Å². The second kappa shape index (κ2) is 8.75. The lowest BCUT2D eigenvalue weighted by molar-refractivity contribution is -0.136. The van der Waals surface area contributed by atoms with Crippen LogP contribution in [0, 0.1) is 0 Å². The van der Waals surface area contributed by atoms with Crippen LogP contribution in [0.25, 0.3) is 6.08 Å². The molecule has 0 aliphatic heterocycles. The predicted molar refractivity (Wildman–Crippen MR) is 97.9 cm³/mol. The van der Waals surface area contributed by atoms with Gasteiger partial charge in [-0.3, -0.25) is 4.79 Å². The molecule has 0 fully saturated rings. The van der Waals surface area contributed by atoms with Crippen molar-refractivity contribution in [2.45, 2.75) is 4.90 Å². The number of carbonyl (C=O) groups is 2. The van der Waals surface area contributed by atoms with Crippen molar-refractivity contribution < 1.29 is 27.5 Å². The van der Waals surface area contributed by atoms with E-state index in [2.05, 4.69) is 4.72 Å². The number of thiophene rings is 1. The third-order valence-corrected chi connectivity index (χ3v) is 5.65. The van der Waals surface area contributed by atoms with Crippen molar-refractivity contribution in [3.63, 3.8) is 0 Å². The summed E-state index contributed by atoms with van der Waals surface area (Å²) in [6, 6.07) is 7.83. The number of rotatable bonds is 8. The Morgan fingerprint density at radius 3 is 2.65 bits per heavy atom. The number of esters is 1. The van der Waals surface area contributed by atoms with E-state index >= 15 is 0 Å². The lowest BCUT2D eigenvalue weighted by atomic mass is 10.2. The molecule has 1 N–H and O–H groups in total. The average molecular weight is 395 g/mol. The molecule has 0 aliphatic rings. The van der Waals surface area contributed by atoms with Crippen molar-refractivity contribution in [1.29, 1.82) is 0 Å². The molecule has 7 nitrogen and oxygen atoms in total. The lowest BCUT2D eigenvalue weighted by Crippen LogP contribution is -2.19. The Bertz CT molecular complexity index is 917. The van der Waals surface area contributed by atoms with Gasteiger partial charge in [0, 0.05) is 6.08 Å². The molecule has 1 aromatic heterocycles. The van der Waals surface area contributed by atoms with E-state index in [1.54, 1.807) is 23.6 Å². The molecule has 9 heteroatoms. The Morgan fingerprint density at radius 1 is 1.27 bits per heavy atom. The van der Waals surface area contributed by atoms with Gasteiger partial charge in [-0.2, -0.15) is 0 Å². The van der Waals surface area contributed by atoms with E-state index in [1.165, 1.54) is 43.7 Å². The number of carbonyl (C=O) groups excluding carboxylic acids is 2. The third-order valence-electron chi connectivity index (χ3n) is 3.30. The molecule has 2 rings (SSSR count). The summed E-state index contributed by atoms with van der Waals surface area (Å²) >= 11 is 1.27.